The minimum Gasteiger partial charge on any atom is -0.208 e. The molecular formula is C14H16NO2S. The summed E-state index contributed by atoms with van der Waals surface area (Å²) in [6, 6.07) is 6.60. The van der Waals surface area contributed by atoms with Crippen molar-refractivity contribution >= 4 is 10.0 Å². The molecule has 0 aliphatic heterocycles. The van der Waals surface area contributed by atoms with Crippen LogP contribution in [0.15, 0.2) is 29.2 Å². The van der Waals surface area contributed by atoms with Crippen molar-refractivity contribution in [1.29, 1.82) is 0 Å². The normalized spacial score (nSPS) is 19.0. The average molecular weight is 262 g/mol. The summed E-state index contributed by atoms with van der Waals surface area (Å²) in [5.41, 5.74) is 1.04. The van der Waals surface area contributed by atoms with Crippen molar-refractivity contribution in [3.8, 4) is 0 Å². The van der Waals surface area contributed by atoms with Gasteiger partial charge in [0.25, 0.3) is 0 Å². The lowest BCUT2D eigenvalue weighted by Crippen LogP contribution is -2.36. The zero-order chi connectivity index (χ0) is 13.2. The van der Waals surface area contributed by atoms with Gasteiger partial charge in [0.2, 0.25) is 10.0 Å². The molecule has 1 atom stereocenters. The van der Waals surface area contributed by atoms with Crippen LogP contribution in [-0.4, -0.2) is 14.5 Å². The standard InChI is InChI=1S/C14H16NO2S/c1-11-7-9-14(10-8-11)18(16,17)15-12(2)13-5-3-4-6-13/h3-10,12,15H,1-2H3/t12-/m1/s1. The van der Waals surface area contributed by atoms with Gasteiger partial charge in [0.15, 0.2) is 0 Å². The maximum absolute atomic E-state index is 12.1. The fourth-order valence-electron chi connectivity index (χ4n) is 1.76. The fourth-order valence-corrected chi connectivity index (χ4v) is 3.00. The average Bonchev–Trinajstić information content (AvgIpc) is 2.82. The number of hydrogen-bond acceptors (Lipinski definition) is 2. The molecule has 0 amide bonds. The van der Waals surface area contributed by atoms with Crippen LogP contribution in [0.1, 0.15) is 12.5 Å². The van der Waals surface area contributed by atoms with Gasteiger partial charge in [0.05, 0.1) is 4.90 Å². The first kappa shape index (κ1) is 13.6. The van der Waals surface area contributed by atoms with E-state index >= 15 is 0 Å². The summed E-state index contributed by atoms with van der Waals surface area (Å²) < 4.78 is 26.9. The first-order valence-electron chi connectivity index (χ1n) is 5.79. The molecule has 0 saturated heterocycles. The number of sulfonamides is 1. The van der Waals surface area contributed by atoms with E-state index in [-0.39, 0.29) is 6.04 Å². The van der Waals surface area contributed by atoms with Gasteiger partial charge < -0.3 is 0 Å². The Bertz CT molecular complexity index is 487. The molecule has 2 rings (SSSR count). The molecule has 0 unspecified atom stereocenters. The minimum absolute atomic E-state index is 0.230. The van der Waals surface area contributed by atoms with Gasteiger partial charge >= 0.3 is 0 Å². The van der Waals surface area contributed by atoms with Gasteiger partial charge in [0, 0.05) is 12.0 Å². The molecule has 1 fully saturated rings. The van der Waals surface area contributed by atoms with E-state index in [0.29, 0.717) is 4.90 Å². The second-order valence-electron chi connectivity index (χ2n) is 4.37. The van der Waals surface area contributed by atoms with Gasteiger partial charge in [-0.1, -0.05) is 17.7 Å². The van der Waals surface area contributed by atoms with Crippen molar-refractivity contribution < 1.29 is 8.42 Å². The van der Waals surface area contributed by atoms with E-state index < -0.39 is 10.0 Å². The Morgan fingerprint density at radius 1 is 1.06 bits per heavy atom. The van der Waals surface area contributed by atoms with E-state index in [1.54, 1.807) is 24.3 Å². The highest BCUT2D eigenvalue weighted by Gasteiger charge is 2.27. The maximum atomic E-state index is 12.1. The van der Waals surface area contributed by atoms with Crippen LogP contribution in [0.5, 0.6) is 0 Å². The van der Waals surface area contributed by atoms with Crippen LogP contribution in [-0.2, 0) is 10.0 Å². The third-order valence-electron chi connectivity index (χ3n) is 2.85. The van der Waals surface area contributed by atoms with E-state index in [0.717, 1.165) is 11.5 Å². The third-order valence-corrected chi connectivity index (χ3v) is 4.41. The van der Waals surface area contributed by atoms with E-state index in [4.69, 9.17) is 0 Å². The van der Waals surface area contributed by atoms with Gasteiger partial charge in [-0.2, -0.15) is 0 Å². The van der Waals surface area contributed by atoms with E-state index in [1.807, 2.05) is 39.5 Å². The van der Waals surface area contributed by atoms with E-state index in [9.17, 15) is 8.42 Å². The van der Waals surface area contributed by atoms with Crippen molar-refractivity contribution in [3.05, 3.63) is 61.4 Å². The lowest BCUT2D eigenvalue weighted by atomic mass is 10.0. The molecule has 1 saturated carbocycles. The molecule has 5 radical (unpaired) electrons. The summed E-state index contributed by atoms with van der Waals surface area (Å²) in [7, 11) is -3.45. The molecule has 3 nitrogen and oxygen atoms in total. The second-order valence-corrected chi connectivity index (χ2v) is 6.09. The molecule has 0 bridgehead atoms. The second kappa shape index (κ2) is 5.41. The van der Waals surface area contributed by atoms with Gasteiger partial charge in [-0.05, 0) is 51.7 Å². The Morgan fingerprint density at radius 2 is 1.61 bits per heavy atom. The van der Waals surface area contributed by atoms with Crippen molar-refractivity contribution in [1.82, 2.24) is 4.72 Å². The Labute approximate surface area is 110 Å². The molecule has 0 heterocycles. The van der Waals surface area contributed by atoms with Crippen molar-refractivity contribution in [2.75, 3.05) is 0 Å². The minimum atomic E-state index is -3.45. The maximum Gasteiger partial charge on any atom is 0.240 e. The number of nitrogens with one attached hydrogen (secondary N) is 1. The van der Waals surface area contributed by atoms with E-state index in [1.165, 1.54) is 0 Å². The van der Waals surface area contributed by atoms with Crippen molar-refractivity contribution in [2.24, 2.45) is 0 Å². The zero-order valence-electron chi connectivity index (χ0n) is 10.4. The quantitative estimate of drug-likeness (QED) is 0.903. The van der Waals surface area contributed by atoms with Gasteiger partial charge in [-0.15, -0.1) is 0 Å². The number of aryl methyl sites for hydroxylation is 1. The monoisotopic (exact) mass is 262 g/mol. The van der Waals surface area contributed by atoms with Crippen molar-refractivity contribution in [2.45, 2.75) is 24.8 Å². The fraction of sp³-hybridized carbons (Fsp3) is 0.214. The number of hydrogen-bond donors (Lipinski definition) is 1. The molecule has 4 heteroatoms. The molecule has 0 aromatic heterocycles. The summed E-state index contributed by atoms with van der Waals surface area (Å²) in [6.45, 7) is 3.76. The highest BCUT2D eigenvalue weighted by Crippen LogP contribution is 2.27. The predicted octanol–water partition coefficient (Wildman–Crippen LogP) is 2.07. The summed E-state index contributed by atoms with van der Waals surface area (Å²) in [5, 5.41) is 0. The summed E-state index contributed by atoms with van der Waals surface area (Å²) in [5.74, 6) is 0.964. The van der Waals surface area contributed by atoms with Crippen LogP contribution in [0.3, 0.4) is 0 Å². The molecule has 1 N–H and O–H groups in total. The molecule has 18 heavy (non-hydrogen) atoms. The SMILES string of the molecule is Cc1ccc(S(=O)(=O)N[C@H](C)[C]2[CH][CH][CH][CH]2)cc1. The highest BCUT2D eigenvalue weighted by atomic mass is 32.2. The lowest BCUT2D eigenvalue weighted by molar-refractivity contribution is 0.568. The first-order valence-corrected chi connectivity index (χ1v) is 7.28. The Balaban J connectivity index is 2.09. The molecule has 95 valence electrons. The van der Waals surface area contributed by atoms with Crippen LogP contribution < -0.4 is 4.72 Å². The van der Waals surface area contributed by atoms with Crippen molar-refractivity contribution in [3.63, 3.8) is 0 Å². The number of rotatable bonds is 4. The molecule has 0 spiro atoms. The van der Waals surface area contributed by atoms with Crippen LogP contribution in [0.25, 0.3) is 0 Å². The molecular weight excluding hydrogens is 246 g/mol. The largest absolute Gasteiger partial charge is 0.240 e. The van der Waals surface area contributed by atoms with Crippen LogP contribution in [0.4, 0.5) is 0 Å². The third kappa shape index (κ3) is 3.12. The molecule has 1 aromatic rings. The lowest BCUT2D eigenvalue weighted by Gasteiger charge is -2.19. The summed E-state index contributed by atoms with van der Waals surface area (Å²) in [4.78, 5) is 0.298. The zero-order valence-corrected chi connectivity index (χ0v) is 11.2. The van der Waals surface area contributed by atoms with Crippen LogP contribution >= 0.6 is 0 Å². The Morgan fingerprint density at radius 3 is 2.17 bits per heavy atom. The topological polar surface area (TPSA) is 46.2 Å². The highest BCUT2D eigenvalue weighted by molar-refractivity contribution is 7.89. The number of benzene rings is 1. The van der Waals surface area contributed by atoms with Crippen LogP contribution in [0.2, 0.25) is 0 Å². The first-order chi connectivity index (χ1) is 8.49. The van der Waals surface area contributed by atoms with Gasteiger partial charge in [0.1, 0.15) is 0 Å². The Hall–Kier alpha value is -0.870. The van der Waals surface area contributed by atoms with Crippen LogP contribution in [0, 0.1) is 38.5 Å². The predicted molar refractivity (Wildman–Crippen MR) is 71.4 cm³/mol. The van der Waals surface area contributed by atoms with Gasteiger partial charge in [-0.25, -0.2) is 13.1 Å². The summed E-state index contributed by atoms with van der Waals surface area (Å²) in [6.07, 6.45) is 7.60. The molecule has 1 aliphatic carbocycles. The molecule has 1 aliphatic rings. The summed E-state index contributed by atoms with van der Waals surface area (Å²) >= 11 is 0. The van der Waals surface area contributed by atoms with E-state index in [2.05, 4.69) is 4.72 Å². The smallest absolute Gasteiger partial charge is 0.208 e. The Kier molecular flexibility index (Phi) is 4.07. The molecule has 1 aromatic carbocycles. The van der Waals surface area contributed by atoms with Gasteiger partial charge in [-0.3, -0.25) is 0 Å².